The largest absolute Gasteiger partial charge is 0.467 e. The number of methoxy groups -OCH3 is 1. The van der Waals surface area contributed by atoms with Gasteiger partial charge in [-0.05, 0) is 135 Å². The molecule has 0 heterocycles. The quantitative estimate of drug-likeness (QED) is 0.288. The minimum absolute atomic E-state index is 0.0705. The summed E-state index contributed by atoms with van der Waals surface area (Å²) in [5.74, 6) is 4.43. The number of allylic oxidation sites excluding steroid dienone is 1. The van der Waals surface area contributed by atoms with E-state index in [1.165, 1.54) is 83.3 Å². The molecule has 0 aliphatic heterocycles. The molecule has 5 saturated carbocycles. The van der Waals surface area contributed by atoms with Crippen LogP contribution >= 0.6 is 0 Å². The van der Waals surface area contributed by atoms with E-state index in [0.717, 1.165) is 24.2 Å². The molecule has 11 atom stereocenters. The van der Waals surface area contributed by atoms with Gasteiger partial charge in [0.2, 0.25) is 0 Å². The molecule has 4 nitrogen and oxygen atoms in total. The van der Waals surface area contributed by atoms with Crippen LogP contribution in [-0.2, 0) is 14.3 Å². The number of esters is 1. The molecule has 0 aromatic heterocycles. The lowest BCUT2D eigenvalue weighted by molar-refractivity contribution is -0.203. The summed E-state index contributed by atoms with van der Waals surface area (Å²) in [4.78, 5) is 11.8. The van der Waals surface area contributed by atoms with Crippen molar-refractivity contribution in [1.29, 1.82) is 0 Å². The molecule has 0 saturated heterocycles. The van der Waals surface area contributed by atoms with Gasteiger partial charge < -0.3 is 14.6 Å². The van der Waals surface area contributed by atoms with Crippen LogP contribution in [0.25, 0.3) is 0 Å². The Morgan fingerprint density at radius 1 is 0.973 bits per heavy atom. The summed E-state index contributed by atoms with van der Waals surface area (Å²) in [6.07, 6.45) is 14.8. The lowest BCUT2D eigenvalue weighted by Gasteiger charge is -2.68. The van der Waals surface area contributed by atoms with Gasteiger partial charge in [-0.3, -0.25) is 0 Å². The van der Waals surface area contributed by atoms with Crippen LogP contribution in [0.5, 0.6) is 0 Å². The number of fused-ring (bicyclic) bond motifs is 7. The van der Waals surface area contributed by atoms with Gasteiger partial charge in [0.05, 0.1) is 19.8 Å². The lowest BCUT2D eigenvalue weighted by Crippen LogP contribution is -2.62. The zero-order valence-corrected chi connectivity index (χ0v) is 24.4. The van der Waals surface area contributed by atoms with Crippen LogP contribution in [-0.4, -0.2) is 37.5 Å². The number of hydrogen-bond donors (Lipinski definition) is 1. The van der Waals surface area contributed by atoms with Gasteiger partial charge in [0.1, 0.15) is 6.61 Å². The van der Waals surface area contributed by atoms with Crippen molar-refractivity contribution >= 4 is 5.97 Å². The number of carbonyl (C=O) groups excluding carboxylic acids is 1. The zero-order valence-electron chi connectivity index (χ0n) is 24.4. The van der Waals surface area contributed by atoms with Gasteiger partial charge in [-0.2, -0.15) is 0 Å². The maximum Gasteiger partial charge on any atom is 0.331 e. The van der Waals surface area contributed by atoms with Crippen molar-refractivity contribution in [2.45, 2.75) is 111 Å². The number of aliphatic hydroxyl groups is 1. The highest BCUT2D eigenvalue weighted by molar-refractivity contribution is 5.70. The molecule has 5 fully saturated rings. The van der Waals surface area contributed by atoms with E-state index in [1.54, 1.807) is 0 Å². The van der Waals surface area contributed by atoms with E-state index in [9.17, 15) is 9.90 Å². The predicted octanol–water partition coefficient (Wildman–Crippen LogP) is 7.19. The van der Waals surface area contributed by atoms with E-state index >= 15 is 0 Å². The summed E-state index contributed by atoms with van der Waals surface area (Å²) < 4.78 is 10.9. The van der Waals surface area contributed by atoms with E-state index in [1.807, 2.05) is 0 Å². The summed E-state index contributed by atoms with van der Waals surface area (Å²) in [7, 11) is 1.44. The van der Waals surface area contributed by atoms with Crippen molar-refractivity contribution in [3.63, 3.8) is 0 Å². The Labute approximate surface area is 226 Å². The van der Waals surface area contributed by atoms with Crippen molar-refractivity contribution in [1.82, 2.24) is 0 Å². The molecule has 0 spiro atoms. The highest BCUT2D eigenvalue weighted by Gasteiger charge is 2.66. The second-order valence-electron chi connectivity index (χ2n) is 14.6. The van der Waals surface area contributed by atoms with Crippen molar-refractivity contribution in [2.75, 3.05) is 20.3 Å². The van der Waals surface area contributed by atoms with E-state index in [4.69, 9.17) is 9.47 Å². The molecule has 37 heavy (non-hydrogen) atoms. The van der Waals surface area contributed by atoms with Crippen molar-refractivity contribution < 1.29 is 19.4 Å². The van der Waals surface area contributed by atoms with Gasteiger partial charge in [-0.25, -0.2) is 4.79 Å². The summed E-state index contributed by atoms with van der Waals surface area (Å²) in [5.41, 5.74) is 2.31. The molecule has 5 aliphatic rings. The van der Waals surface area contributed by atoms with Gasteiger partial charge in [-0.15, -0.1) is 0 Å². The first-order valence-corrected chi connectivity index (χ1v) is 15.6. The first-order chi connectivity index (χ1) is 17.6. The molecule has 1 N–H and O–H groups in total. The second kappa shape index (κ2) is 10.3. The Balaban J connectivity index is 1.42. The van der Waals surface area contributed by atoms with Crippen molar-refractivity contribution in [3.8, 4) is 0 Å². The Kier molecular flexibility index (Phi) is 7.68. The average molecular weight is 515 g/mol. The molecule has 0 amide bonds. The topological polar surface area (TPSA) is 55.8 Å². The Bertz CT molecular complexity index is 868. The van der Waals surface area contributed by atoms with Crippen LogP contribution < -0.4 is 0 Å². The fraction of sp³-hybridized carbons (Fsp3) is 0.909. The van der Waals surface area contributed by atoms with E-state index in [0.29, 0.717) is 41.1 Å². The third-order valence-electron chi connectivity index (χ3n) is 13.2. The highest BCUT2D eigenvalue weighted by Crippen LogP contribution is 2.72. The maximum atomic E-state index is 11.8. The molecular formula is C33H54O4. The third kappa shape index (κ3) is 4.35. The summed E-state index contributed by atoms with van der Waals surface area (Å²) in [6.45, 7) is 15.1. The minimum atomic E-state index is -0.270. The molecule has 6 unspecified atom stereocenters. The van der Waals surface area contributed by atoms with E-state index in [2.05, 4.69) is 34.3 Å². The zero-order chi connectivity index (χ0) is 26.6. The number of carbonyl (C=O) groups is 1. The molecule has 210 valence electrons. The first-order valence-electron chi connectivity index (χ1n) is 15.6. The van der Waals surface area contributed by atoms with Crippen LogP contribution in [0.4, 0.5) is 0 Å². The smallest absolute Gasteiger partial charge is 0.331 e. The molecule has 0 aromatic rings. The molecule has 5 aliphatic carbocycles. The number of rotatable bonds is 7. The van der Waals surface area contributed by atoms with E-state index in [-0.39, 0.29) is 24.1 Å². The fourth-order valence-corrected chi connectivity index (χ4v) is 11.7. The number of aliphatic hydroxyl groups excluding tert-OH is 1. The molecule has 4 heteroatoms. The molecule has 0 bridgehead atoms. The Hall–Kier alpha value is -0.870. The Morgan fingerprint density at radius 3 is 2.35 bits per heavy atom. The number of hydrogen-bond acceptors (Lipinski definition) is 4. The van der Waals surface area contributed by atoms with Gasteiger partial charge in [0.25, 0.3) is 0 Å². The summed E-state index contributed by atoms with van der Waals surface area (Å²) in [5, 5.41) is 11.0. The van der Waals surface area contributed by atoms with E-state index < -0.39 is 0 Å². The second-order valence-corrected chi connectivity index (χ2v) is 14.6. The van der Waals surface area contributed by atoms with Gasteiger partial charge >= 0.3 is 5.97 Å². The third-order valence-corrected chi connectivity index (χ3v) is 13.2. The van der Waals surface area contributed by atoms with Gasteiger partial charge in [0, 0.05) is 0 Å². The number of ether oxygens (including phenoxy) is 2. The monoisotopic (exact) mass is 514 g/mol. The maximum absolute atomic E-state index is 11.8. The van der Waals surface area contributed by atoms with Gasteiger partial charge in [-0.1, -0.05) is 39.3 Å². The van der Waals surface area contributed by atoms with Crippen LogP contribution in [0.2, 0.25) is 0 Å². The van der Waals surface area contributed by atoms with Crippen molar-refractivity contribution in [3.05, 3.63) is 12.2 Å². The summed E-state index contributed by atoms with van der Waals surface area (Å²) >= 11 is 0. The molecule has 0 aromatic carbocycles. The fourth-order valence-electron chi connectivity index (χ4n) is 11.7. The van der Waals surface area contributed by atoms with Crippen LogP contribution in [0.1, 0.15) is 105 Å². The van der Waals surface area contributed by atoms with Crippen LogP contribution in [0.3, 0.4) is 0 Å². The standard InChI is InChI=1S/C33H54O4/c1-7-8-23-25-12-15-31(4)26-13-18-33(20-37-19-29(35)36-6)17-11-22(21(2)3)30(33)24(26)9-10-28(31)32(25,5)16-14-27(23)34/h22-28,30,34H,2,7-20H2,1,3-6H3/t22-,23+,24?,25?,26?,27-,28?,30?,31-,32-,33?/m0/s1. The lowest BCUT2D eigenvalue weighted by atomic mass is 9.37. The van der Waals surface area contributed by atoms with Crippen molar-refractivity contribution in [2.24, 2.45) is 57.7 Å². The first kappa shape index (κ1) is 27.7. The van der Waals surface area contributed by atoms with Crippen LogP contribution in [0, 0.1) is 57.7 Å². The molecule has 0 radical (unpaired) electrons. The predicted molar refractivity (Wildman–Crippen MR) is 148 cm³/mol. The summed E-state index contributed by atoms with van der Waals surface area (Å²) in [6, 6.07) is 0. The molecular weight excluding hydrogens is 460 g/mol. The Morgan fingerprint density at radius 2 is 1.65 bits per heavy atom. The highest BCUT2D eigenvalue weighted by atomic mass is 16.6. The average Bonchev–Trinajstić information content (AvgIpc) is 3.26. The van der Waals surface area contributed by atoms with Crippen LogP contribution in [0.15, 0.2) is 12.2 Å². The van der Waals surface area contributed by atoms with Gasteiger partial charge in [0.15, 0.2) is 0 Å². The SMILES string of the molecule is C=C(C)[C@@H]1CCC2(COCC(=O)OC)CCC3C(CCC4[C@@]3(C)CCC3[C@@H](CCC)[C@@H](O)CC[C@@]34C)C12. The minimum Gasteiger partial charge on any atom is -0.467 e. The molecule has 5 rings (SSSR count). The normalized spacial score (nSPS) is 48.8.